The number of hydrogen-bond donors (Lipinski definition) is 2. The molecule has 0 unspecified atom stereocenters. The number of nitrogens with zero attached hydrogens (tertiary/aromatic N) is 4. The molecular formula is C30H33N5O4. The van der Waals surface area contributed by atoms with E-state index in [1.807, 2.05) is 19.3 Å². The third-order valence-corrected chi connectivity index (χ3v) is 8.67. The number of carbonyl (C=O) groups is 1. The first kappa shape index (κ1) is 24.5. The summed E-state index contributed by atoms with van der Waals surface area (Å²) in [4.78, 5) is 23.6. The Morgan fingerprint density at radius 1 is 1.21 bits per heavy atom. The van der Waals surface area contributed by atoms with Crippen LogP contribution in [0, 0.1) is 12.3 Å². The molecule has 39 heavy (non-hydrogen) atoms. The number of nitrogens with one attached hydrogen (secondary N) is 1. The van der Waals surface area contributed by atoms with Crippen LogP contribution in [0.15, 0.2) is 36.7 Å². The van der Waals surface area contributed by atoms with Gasteiger partial charge in [0.2, 0.25) is 5.88 Å². The number of aromatic nitrogens is 4. The summed E-state index contributed by atoms with van der Waals surface area (Å²) in [6.45, 7) is 6.37. The highest BCUT2D eigenvalue weighted by atomic mass is 16.5. The smallest absolute Gasteiger partial charge is 0.251 e. The molecule has 9 heteroatoms. The van der Waals surface area contributed by atoms with Crippen molar-refractivity contribution in [1.29, 1.82) is 0 Å². The summed E-state index contributed by atoms with van der Waals surface area (Å²) >= 11 is 0. The number of aliphatic hydroxyl groups excluding tert-OH is 1. The fourth-order valence-electron chi connectivity index (χ4n) is 6.69. The second-order valence-electron chi connectivity index (χ2n) is 11.6. The second kappa shape index (κ2) is 9.27. The quantitative estimate of drug-likeness (QED) is 0.401. The van der Waals surface area contributed by atoms with Gasteiger partial charge in [-0.15, -0.1) is 0 Å². The van der Waals surface area contributed by atoms with Crippen molar-refractivity contribution in [3.63, 3.8) is 0 Å². The first-order valence-electron chi connectivity index (χ1n) is 13.8. The molecule has 7 rings (SSSR count). The van der Waals surface area contributed by atoms with Gasteiger partial charge in [-0.1, -0.05) is 0 Å². The van der Waals surface area contributed by atoms with Crippen LogP contribution in [0.5, 0.6) is 5.88 Å². The summed E-state index contributed by atoms with van der Waals surface area (Å²) in [6, 6.07) is 8.50. The molecule has 1 saturated carbocycles. The van der Waals surface area contributed by atoms with E-state index in [0.29, 0.717) is 19.0 Å². The van der Waals surface area contributed by atoms with Gasteiger partial charge >= 0.3 is 0 Å². The van der Waals surface area contributed by atoms with Gasteiger partial charge in [0, 0.05) is 65.9 Å². The highest BCUT2D eigenvalue weighted by Gasteiger charge is 2.55. The van der Waals surface area contributed by atoms with Crippen LogP contribution in [-0.4, -0.2) is 74.6 Å². The Kier molecular flexibility index (Phi) is 5.82. The molecule has 3 aromatic heterocycles. The lowest BCUT2D eigenvalue weighted by Crippen LogP contribution is -2.66. The number of carbonyl (C=O) groups excluding carboxylic acids is 1. The molecule has 0 radical (unpaired) electrons. The molecule has 2 aliphatic heterocycles. The Bertz CT molecular complexity index is 1560. The molecular weight excluding hydrogens is 494 g/mol. The minimum Gasteiger partial charge on any atom is -0.474 e. The van der Waals surface area contributed by atoms with Crippen LogP contribution < -0.4 is 4.74 Å². The standard InChI is InChI=1S/C30H33N5O4/c1-17-9-20(3-6-31-17)26-23-10-21-14-32-34-25(21)11-24(23)28(33-27(26)19-4-7-38-8-5-19)39-22-12-30(13-22)15-35(16-30)29(37)18(2)36/h3,6,9-11,14,18-19,22,36H,4-5,7-8,12-13,15-16H2,1-2H3,(H,32,34)/t18-/m0/s1. The largest absolute Gasteiger partial charge is 0.474 e. The number of aryl methyl sites for hydroxylation is 1. The SMILES string of the molecule is Cc1cc(-c2c(C3CCOCC3)nc(OC3CC4(C3)CN(C(=O)[C@H](C)O)C4)c3cc4[nH]ncc4cc23)ccn1. The third kappa shape index (κ3) is 4.24. The van der Waals surface area contributed by atoms with Crippen LogP contribution in [0.2, 0.25) is 0 Å². The maximum Gasteiger partial charge on any atom is 0.251 e. The van der Waals surface area contributed by atoms with Gasteiger partial charge in [0.1, 0.15) is 12.2 Å². The highest BCUT2D eigenvalue weighted by molar-refractivity contribution is 6.06. The zero-order valence-electron chi connectivity index (χ0n) is 22.3. The van der Waals surface area contributed by atoms with Gasteiger partial charge in [-0.2, -0.15) is 5.10 Å². The number of aliphatic hydroxyl groups is 1. The van der Waals surface area contributed by atoms with Gasteiger partial charge in [0.15, 0.2) is 0 Å². The molecule has 2 saturated heterocycles. The van der Waals surface area contributed by atoms with Gasteiger partial charge in [0.05, 0.1) is 17.4 Å². The number of H-pyrrole nitrogens is 1. The summed E-state index contributed by atoms with van der Waals surface area (Å²) < 4.78 is 12.4. The number of rotatable bonds is 5. The van der Waals surface area contributed by atoms with E-state index in [-0.39, 0.29) is 23.3 Å². The summed E-state index contributed by atoms with van der Waals surface area (Å²) in [5, 5.41) is 20.1. The van der Waals surface area contributed by atoms with Crippen LogP contribution in [0.25, 0.3) is 32.8 Å². The summed E-state index contributed by atoms with van der Waals surface area (Å²) in [5.41, 5.74) is 5.30. The molecule has 1 aliphatic carbocycles. The topological polar surface area (TPSA) is 113 Å². The number of amides is 1. The Morgan fingerprint density at radius 3 is 2.74 bits per heavy atom. The van der Waals surface area contributed by atoms with E-state index in [9.17, 15) is 9.90 Å². The lowest BCUT2D eigenvalue weighted by atomic mass is 9.61. The number of benzene rings is 1. The zero-order chi connectivity index (χ0) is 26.7. The Hall–Kier alpha value is -3.56. The Labute approximate surface area is 226 Å². The van der Waals surface area contributed by atoms with E-state index in [2.05, 4.69) is 39.4 Å². The van der Waals surface area contributed by atoms with E-state index in [0.717, 1.165) is 83.1 Å². The molecule has 2 N–H and O–H groups in total. The lowest BCUT2D eigenvalue weighted by molar-refractivity contribution is -0.167. The summed E-state index contributed by atoms with van der Waals surface area (Å²) in [7, 11) is 0. The fraction of sp³-hybridized carbons (Fsp3) is 0.467. The van der Waals surface area contributed by atoms with Crippen LogP contribution >= 0.6 is 0 Å². The number of hydrogen-bond acceptors (Lipinski definition) is 7. The molecule has 1 aromatic carbocycles. The summed E-state index contributed by atoms with van der Waals surface area (Å²) in [6.07, 6.45) is 6.41. The molecule has 1 amide bonds. The Morgan fingerprint density at radius 2 is 2.00 bits per heavy atom. The average Bonchev–Trinajstić information content (AvgIpc) is 3.35. The molecule has 3 fully saturated rings. The molecule has 9 nitrogen and oxygen atoms in total. The number of likely N-dealkylation sites (tertiary alicyclic amines) is 1. The lowest BCUT2D eigenvalue weighted by Gasteiger charge is -2.58. The fourth-order valence-corrected chi connectivity index (χ4v) is 6.69. The van der Waals surface area contributed by atoms with Crippen molar-refractivity contribution in [3.05, 3.63) is 48.0 Å². The van der Waals surface area contributed by atoms with Gasteiger partial charge in [-0.05, 0) is 74.7 Å². The normalized spacial score (nSPS) is 20.2. The van der Waals surface area contributed by atoms with Crippen molar-refractivity contribution < 1.29 is 19.4 Å². The van der Waals surface area contributed by atoms with Crippen molar-refractivity contribution in [1.82, 2.24) is 25.1 Å². The maximum absolute atomic E-state index is 12.1. The van der Waals surface area contributed by atoms with Crippen molar-refractivity contribution in [3.8, 4) is 17.0 Å². The van der Waals surface area contributed by atoms with Crippen LogP contribution in [0.3, 0.4) is 0 Å². The monoisotopic (exact) mass is 527 g/mol. The molecule has 5 heterocycles. The van der Waals surface area contributed by atoms with Gasteiger partial charge in [-0.25, -0.2) is 4.98 Å². The predicted molar refractivity (Wildman–Crippen MR) is 147 cm³/mol. The molecule has 0 bridgehead atoms. The summed E-state index contributed by atoms with van der Waals surface area (Å²) in [5.74, 6) is 0.742. The maximum atomic E-state index is 12.1. The van der Waals surface area contributed by atoms with Crippen molar-refractivity contribution in [2.45, 2.75) is 57.7 Å². The number of aromatic amines is 1. The number of ether oxygens (including phenoxy) is 2. The molecule has 4 aromatic rings. The molecule has 3 aliphatic rings. The van der Waals surface area contributed by atoms with Crippen LogP contribution in [0.1, 0.15) is 49.9 Å². The molecule has 202 valence electrons. The van der Waals surface area contributed by atoms with Crippen molar-refractivity contribution >= 4 is 27.6 Å². The average molecular weight is 528 g/mol. The first-order valence-corrected chi connectivity index (χ1v) is 13.8. The van der Waals surface area contributed by atoms with Crippen molar-refractivity contribution in [2.75, 3.05) is 26.3 Å². The molecule has 1 spiro atoms. The minimum absolute atomic E-state index is 0.0403. The van der Waals surface area contributed by atoms with E-state index in [1.54, 1.807) is 4.90 Å². The van der Waals surface area contributed by atoms with E-state index < -0.39 is 6.10 Å². The third-order valence-electron chi connectivity index (χ3n) is 8.67. The van der Waals surface area contributed by atoms with Gasteiger partial charge in [0.25, 0.3) is 5.91 Å². The van der Waals surface area contributed by atoms with Gasteiger partial charge in [-0.3, -0.25) is 14.9 Å². The Balaban J connectivity index is 1.28. The van der Waals surface area contributed by atoms with Crippen LogP contribution in [0.4, 0.5) is 0 Å². The number of pyridine rings is 2. The number of fused-ring (bicyclic) bond motifs is 2. The first-order chi connectivity index (χ1) is 18.9. The van der Waals surface area contributed by atoms with Crippen LogP contribution in [-0.2, 0) is 9.53 Å². The van der Waals surface area contributed by atoms with E-state index in [4.69, 9.17) is 14.5 Å². The highest BCUT2D eigenvalue weighted by Crippen LogP contribution is 2.51. The van der Waals surface area contributed by atoms with E-state index >= 15 is 0 Å². The zero-order valence-corrected chi connectivity index (χ0v) is 22.3. The molecule has 1 atom stereocenters. The minimum atomic E-state index is -0.948. The van der Waals surface area contributed by atoms with Gasteiger partial charge < -0.3 is 19.5 Å². The van der Waals surface area contributed by atoms with Crippen molar-refractivity contribution in [2.24, 2.45) is 5.41 Å². The second-order valence-corrected chi connectivity index (χ2v) is 11.6. The van der Waals surface area contributed by atoms with E-state index in [1.165, 1.54) is 6.92 Å². The predicted octanol–water partition coefficient (Wildman–Crippen LogP) is 4.13.